The summed E-state index contributed by atoms with van der Waals surface area (Å²) in [6.07, 6.45) is 1.93. The first-order valence-electron chi connectivity index (χ1n) is 8.55. The van der Waals surface area contributed by atoms with Crippen LogP contribution in [0, 0.1) is 6.92 Å². The van der Waals surface area contributed by atoms with Crippen LogP contribution in [0.2, 0.25) is 0 Å². The highest BCUT2D eigenvalue weighted by Crippen LogP contribution is 2.22. The zero-order chi connectivity index (χ0) is 17.8. The molecular formula is C20H23N3O2. The molecule has 0 aromatic heterocycles. The number of rotatable bonds is 3. The minimum Gasteiger partial charge on any atom is -0.326 e. The SMILES string of the molecule is CC(=O)Nc1ccc(C)c(NC(=O)c2ccc3c(c2)CCNCC3)c1. The van der Waals surface area contributed by atoms with E-state index in [-0.39, 0.29) is 11.8 Å². The number of hydrogen-bond donors (Lipinski definition) is 3. The van der Waals surface area contributed by atoms with Gasteiger partial charge in [-0.25, -0.2) is 0 Å². The lowest BCUT2D eigenvalue weighted by atomic mass is 9.99. The Labute approximate surface area is 147 Å². The van der Waals surface area contributed by atoms with Crippen molar-refractivity contribution in [2.24, 2.45) is 0 Å². The van der Waals surface area contributed by atoms with Crippen LogP contribution < -0.4 is 16.0 Å². The molecule has 0 bridgehead atoms. The molecule has 0 aliphatic carbocycles. The van der Waals surface area contributed by atoms with E-state index < -0.39 is 0 Å². The largest absolute Gasteiger partial charge is 0.326 e. The zero-order valence-corrected chi connectivity index (χ0v) is 14.6. The van der Waals surface area contributed by atoms with Crippen LogP contribution in [0.25, 0.3) is 0 Å². The van der Waals surface area contributed by atoms with E-state index >= 15 is 0 Å². The maximum absolute atomic E-state index is 12.7. The third-order valence-electron chi connectivity index (χ3n) is 4.42. The lowest BCUT2D eigenvalue weighted by Gasteiger charge is -2.12. The normalized spacial score (nSPS) is 13.5. The van der Waals surface area contributed by atoms with Gasteiger partial charge < -0.3 is 16.0 Å². The maximum Gasteiger partial charge on any atom is 0.255 e. The molecule has 1 aliphatic heterocycles. The third-order valence-corrected chi connectivity index (χ3v) is 4.42. The first kappa shape index (κ1) is 17.2. The van der Waals surface area contributed by atoms with Crippen LogP contribution in [0.15, 0.2) is 36.4 Å². The molecule has 0 fully saturated rings. The van der Waals surface area contributed by atoms with Gasteiger partial charge in [0, 0.05) is 23.9 Å². The number of hydrogen-bond acceptors (Lipinski definition) is 3. The van der Waals surface area contributed by atoms with Crippen molar-refractivity contribution in [2.45, 2.75) is 26.7 Å². The van der Waals surface area contributed by atoms with Crippen LogP contribution >= 0.6 is 0 Å². The lowest BCUT2D eigenvalue weighted by molar-refractivity contribution is -0.114. The highest BCUT2D eigenvalue weighted by molar-refractivity contribution is 6.05. The molecule has 2 amide bonds. The van der Waals surface area contributed by atoms with E-state index in [9.17, 15) is 9.59 Å². The predicted octanol–water partition coefficient (Wildman–Crippen LogP) is 2.89. The van der Waals surface area contributed by atoms with Gasteiger partial charge in [0.2, 0.25) is 5.91 Å². The van der Waals surface area contributed by atoms with Gasteiger partial charge in [-0.05, 0) is 73.8 Å². The minimum atomic E-state index is -0.138. The maximum atomic E-state index is 12.7. The Morgan fingerprint density at radius 2 is 1.72 bits per heavy atom. The topological polar surface area (TPSA) is 70.2 Å². The molecule has 0 unspecified atom stereocenters. The van der Waals surface area contributed by atoms with Crippen molar-refractivity contribution in [3.05, 3.63) is 58.7 Å². The van der Waals surface area contributed by atoms with Gasteiger partial charge in [-0.1, -0.05) is 12.1 Å². The summed E-state index contributed by atoms with van der Waals surface area (Å²) in [4.78, 5) is 23.9. The van der Waals surface area contributed by atoms with Crippen LogP contribution in [0.1, 0.15) is 34.0 Å². The Morgan fingerprint density at radius 1 is 0.960 bits per heavy atom. The van der Waals surface area contributed by atoms with Crippen molar-refractivity contribution in [1.82, 2.24) is 5.32 Å². The number of aryl methyl sites for hydroxylation is 1. The molecule has 0 atom stereocenters. The molecule has 2 aromatic rings. The summed E-state index contributed by atoms with van der Waals surface area (Å²) >= 11 is 0. The van der Waals surface area contributed by atoms with Crippen LogP contribution in [-0.4, -0.2) is 24.9 Å². The molecule has 130 valence electrons. The Morgan fingerprint density at radius 3 is 2.48 bits per heavy atom. The van der Waals surface area contributed by atoms with E-state index in [1.54, 1.807) is 6.07 Å². The fraction of sp³-hybridized carbons (Fsp3) is 0.300. The lowest BCUT2D eigenvalue weighted by Crippen LogP contribution is -2.16. The summed E-state index contributed by atoms with van der Waals surface area (Å²) < 4.78 is 0. The summed E-state index contributed by atoms with van der Waals surface area (Å²) in [5, 5.41) is 9.07. The molecule has 5 nitrogen and oxygen atoms in total. The second-order valence-electron chi connectivity index (χ2n) is 6.40. The smallest absolute Gasteiger partial charge is 0.255 e. The van der Waals surface area contributed by atoms with Crippen molar-refractivity contribution < 1.29 is 9.59 Å². The molecule has 3 N–H and O–H groups in total. The Balaban J connectivity index is 1.80. The molecule has 0 radical (unpaired) electrons. The van der Waals surface area contributed by atoms with E-state index in [1.807, 2.05) is 31.2 Å². The van der Waals surface area contributed by atoms with Gasteiger partial charge in [-0.15, -0.1) is 0 Å². The Kier molecular flexibility index (Phi) is 5.14. The molecule has 0 saturated heterocycles. The molecular weight excluding hydrogens is 314 g/mol. The number of carbonyl (C=O) groups excluding carboxylic acids is 2. The highest BCUT2D eigenvalue weighted by atomic mass is 16.2. The summed E-state index contributed by atoms with van der Waals surface area (Å²) in [5.74, 6) is -0.274. The van der Waals surface area contributed by atoms with Crippen LogP contribution in [0.5, 0.6) is 0 Å². The summed E-state index contributed by atoms with van der Waals surface area (Å²) in [6.45, 7) is 5.31. The van der Waals surface area contributed by atoms with E-state index in [2.05, 4.69) is 22.0 Å². The predicted molar refractivity (Wildman–Crippen MR) is 100 cm³/mol. The molecule has 1 heterocycles. The summed E-state index contributed by atoms with van der Waals surface area (Å²) in [7, 11) is 0. The van der Waals surface area contributed by atoms with Gasteiger partial charge in [0.15, 0.2) is 0 Å². The molecule has 0 spiro atoms. The number of anilines is 2. The average Bonchev–Trinajstić information content (AvgIpc) is 2.82. The standard InChI is InChI=1S/C20H23N3O2/c1-13-3-6-18(22-14(2)24)12-19(13)23-20(25)17-5-4-15-7-9-21-10-8-16(15)11-17/h3-6,11-12,21H,7-10H2,1-2H3,(H,22,24)(H,23,25). The van der Waals surface area contributed by atoms with Crippen molar-refractivity contribution >= 4 is 23.2 Å². The van der Waals surface area contributed by atoms with Crippen molar-refractivity contribution in [1.29, 1.82) is 0 Å². The fourth-order valence-electron chi connectivity index (χ4n) is 3.05. The van der Waals surface area contributed by atoms with Crippen LogP contribution in [0.4, 0.5) is 11.4 Å². The van der Waals surface area contributed by atoms with Crippen molar-refractivity contribution in [2.75, 3.05) is 23.7 Å². The minimum absolute atomic E-state index is 0.136. The molecule has 2 aromatic carbocycles. The van der Waals surface area contributed by atoms with Gasteiger partial charge in [-0.3, -0.25) is 9.59 Å². The first-order chi connectivity index (χ1) is 12.0. The number of amides is 2. The Bertz CT molecular complexity index is 815. The van der Waals surface area contributed by atoms with Crippen molar-refractivity contribution in [3.63, 3.8) is 0 Å². The summed E-state index contributed by atoms with van der Waals surface area (Å²) in [6, 6.07) is 11.4. The molecule has 3 rings (SSSR count). The number of carbonyl (C=O) groups is 2. The molecule has 1 aliphatic rings. The molecule has 25 heavy (non-hydrogen) atoms. The monoisotopic (exact) mass is 337 g/mol. The first-order valence-corrected chi connectivity index (χ1v) is 8.55. The van der Waals surface area contributed by atoms with Crippen LogP contribution in [-0.2, 0) is 17.6 Å². The summed E-state index contributed by atoms with van der Waals surface area (Å²) in [5.41, 5.74) is 5.52. The fourth-order valence-corrected chi connectivity index (χ4v) is 3.05. The van der Waals surface area contributed by atoms with Gasteiger partial charge in [0.05, 0.1) is 0 Å². The number of fused-ring (bicyclic) bond motifs is 1. The van der Waals surface area contributed by atoms with Gasteiger partial charge in [-0.2, -0.15) is 0 Å². The highest BCUT2D eigenvalue weighted by Gasteiger charge is 2.13. The van der Waals surface area contributed by atoms with Crippen LogP contribution in [0.3, 0.4) is 0 Å². The number of nitrogens with one attached hydrogen (secondary N) is 3. The van der Waals surface area contributed by atoms with Crippen molar-refractivity contribution in [3.8, 4) is 0 Å². The van der Waals surface area contributed by atoms with E-state index in [0.717, 1.165) is 31.5 Å². The molecule has 5 heteroatoms. The second kappa shape index (κ2) is 7.49. The zero-order valence-electron chi connectivity index (χ0n) is 14.6. The second-order valence-corrected chi connectivity index (χ2v) is 6.40. The quantitative estimate of drug-likeness (QED) is 0.806. The van der Waals surface area contributed by atoms with E-state index in [4.69, 9.17) is 0 Å². The van der Waals surface area contributed by atoms with Gasteiger partial charge >= 0.3 is 0 Å². The van der Waals surface area contributed by atoms with E-state index in [1.165, 1.54) is 18.1 Å². The number of benzene rings is 2. The van der Waals surface area contributed by atoms with E-state index in [0.29, 0.717) is 16.9 Å². The Hall–Kier alpha value is -2.66. The third kappa shape index (κ3) is 4.25. The van der Waals surface area contributed by atoms with Gasteiger partial charge in [0.1, 0.15) is 0 Å². The van der Waals surface area contributed by atoms with Gasteiger partial charge in [0.25, 0.3) is 5.91 Å². The molecule has 0 saturated carbocycles. The average molecular weight is 337 g/mol.